The first-order valence-corrected chi connectivity index (χ1v) is 10.2. The molecule has 5 heteroatoms. The van der Waals surface area contributed by atoms with Crippen LogP contribution in [0.4, 0.5) is 5.69 Å². The predicted molar refractivity (Wildman–Crippen MR) is 122 cm³/mol. The molecule has 0 saturated heterocycles. The van der Waals surface area contributed by atoms with Crippen molar-refractivity contribution < 1.29 is 9.53 Å². The minimum absolute atomic E-state index is 0.121. The number of carbonyl (C=O) groups excluding carboxylic acids is 1. The molecule has 0 fully saturated rings. The minimum atomic E-state index is -0.548. The van der Waals surface area contributed by atoms with Gasteiger partial charge in [-0.05, 0) is 73.0 Å². The van der Waals surface area contributed by atoms with Crippen LogP contribution in [0, 0.1) is 13.8 Å². The molecular weight excluding hydrogens is 396 g/mol. The Balaban J connectivity index is 1.84. The molecule has 1 atom stereocenters. The van der Waals surface area contributed by atoms with Crippen molar-refractivity contribution in [2.75, 3.05) is 12.4 Å². The molecule has 0 aliphatic carbocycles. The second-order valence-electron chi connectivity index (χ2n) is 7.48. The summed E-state index contributed by atoms with van der Waals surface area (Å²) in [4.78, 5) is 18.0. The first kappa shape index (κ1) is 20.2. The number of ether oxygens (including phenoxy) is 1. The normalized spacial score (nSPS) is 15.7. The topological polar surface area (TPSA) is 50.7 Å². The lowest BCUT2D eigenvalue weighted by molar-refractivity contribution is -0.117. The molecule has 1 aliphatic rings. The van der Waals surface area contributed by atoms with Crippen LogP contribution < -0.4 is 10.1 Å². The number of benzene rings is 3. The maximum Gasteiger partial charge on any atom is 0.249 e. The summed E-state index contributed by atoms with van der Waals surface area (Å²) in [6.07, 6.45) is 0.533. The lowest BCUT2D eigenvalue weighted by Gasteiger charge is -2.15. The van der Waals surface area contributed by atoms with Crippen molar-refractivity contribution in [1.82, 2.24) is 0 Å². The van der Waals surface area contributed by atoms with Crippen LogP contribution in [0.15, 0.2) is 65.7 Å². The second-order valence-corrected chi connectivity index (χ2v) is 7.91. The highest BCUT2D eigenvalue weighted by molar-refractivity contribution is 6.32. The molecule has 1 heterocycles. The average molecular weight is 419 g/mol. The van der Waals surface area contributed by atoms with E-state index in [1.54, 1.807) is 13.2 Å². The number of benzodiazepines with no additional fused rings is 1. The number of nitrogens with one attached hydrogen (secondary N) is 1. The number of aliphatic imine (C=N–C) groups is 1. The van der Waals surface area contributed by atoms with Crippen molar-refractivity contribution in [1.29, 1.82) is 0 Å². The Kier molecular flexibility index (Phi) is 5.60. The van der Waals surface area contributed by atoms with Crippen LogP contribution in [-0.4, -0.2) is 24.8 Å². The summed E-state index contributed by atoms with van der Waals surface area (Å²) >= 11 is 6.29. The molecule has 0 spiro atoms. The van der Waals surface area contributed by atoms with Gasteiger partial charge in [-0.25, -0.2) is 0 Å². The Morgan fingerprint density at radius 2 is 1.73 bits per heavy atom. The van der Waals surface area contributed by atoms with E-state index < -0.39 is 6.04 Å². The van der Waals surface area contributed by atoms with Gasteiger partial charge in [0, 0.05) is 22.6 Å². The third-order valence-corrected chi connectivity index (χ3v) is 5.72. The van der Waals surface area contributed by atoms with E-state index >= 15 is 0 Å². The lowest BCUT2D eigenvalue weighted by Crippen LogP contribution is -2.28. The van der Waals surface area contributed by atoms with Gasteiger partial charge in [-0.1, -0.05) is 29.8 Å². The van der Waals surface area contributed by atoms with Gasteiger partial charge in [0.15, 0.2) is 0 Å². The van der Waals surface area contributed by atoms with Crippen molar-refractivity contribution in [3.8, 4) is 5.75 Å². The zero-order chi connectivity index (χ0) is 21.3. The third kappa shape index (κ3) is 3.96. The van der Waals surface area contributed by atoms with Gasteiger partial charge in [0.25, 0.3) is 0 Å². The summed E-state index contributed by atoms with van der Waals surface area (Å²) in [7, 11) is 1.64. The summed E-state index contributed by atoms with van der Waals surface area (Å²) in [6.45, 7) is 4.14. The Hall–Kier alpha value is -3.11. The Morgan fingerprint density at radius 1 is 1.03 bits per heavy atom. The zero-order valence-electron chi connectivity index (χ0n) is 17.2. The largest absolute Gasteiger partial charge is 0.497 e. The first-order chi connectivity index (χ1) is 14.5. The predicted octanol–water partition coefficient (Wildman–Crippen LogP) is 5.37. The monoisotopic (exact) mass is 418 g/mol. The fraction of sp³-hybridized carbons (Fsp3) is 0.200. The van der Waals surface area contributed by atoms with Gasteiger partial charge in [-0.15, -0.1) is 0 Å². The maximum absolute atomic E-state index is 13.1. The zero-order valence-corrected chi connectivity index (χ0v) is 18.0. The Labute approximate surface area is 181 Å². The van der Waals surface area contributed by atoms with Crippen LogP contribution in [0.2, 0.25) is 5.02 Å². The number of amides is 1. The van der Waals surface area contributed by atoms with Crippen molar-refractivity contribution in [2.24, 2.45) is 4.99 Å². The van der Waals surface area contributed by atoms with Crippen LogP contribution in [0.3, 0.4) is 0 Å². The van der Waals surface area contributed by atoms with E-state index in [1.165, 1.54) is 0 Å². The molecule has 0 bridgehead atoms. The third-order valence-electron chi connectivity index (χ3n) is 5.49. The quantitative estimate of drug-likeness (QED) is 0.619. The van der Waals surface area contributed by atoms with Crippen molar-refractivity contribution in [3.63, 3.8) is 0 Å². The average Bonchev–Trinajstić information content (AvgIpc) is 2.87. The number of fused-ring (bicyclic) bond motifs is 1. The summed E-state index contributed by atoms with van der Waals surface area (Å²) in [5.41, 5.74) is 6.64. The molecular formula is C25H23ClN2O2. The molecule has 3 aromatic rings. The molecule has 1 N–H and O–H groups in total. The SMILES string of the molecule is COc1ccc(C2=NC(Cc3c(C)cccc3C)C(=O)Nc3ccc(Cl)cc32)cc1. The maximum atomic E-state index is 13.1. The first-order valence-electron chi connectivity index (χ1n) is 9.84. The number of hydrogen-bond acceptors (Lipinski definition) is 3. The van der Waals surface area contributed by atoms with Crippen LogP contribution >= 0.6 is 11.6 Å². The molecule has 0 radical (unpaired) electrons. The number of anilines is 1. The van der Waals surface area contributed by atoms with E-state index in [9.17, 15) is 4.79 Å². The van der Waals surface area contributed by atoms with Gasteiger partial charge in [0.05, 0.1) is 18.5 Å². The van der Waals surface area contributed by atoms with E-state index in [2.05, 4.69) is 31.3 Å². The molecule has 1 amide bonds. The number of halogens is 1. The van der Waals surface area contributed by atoms with Crippen LogP contribution in [0.5, 0.6) is 5.75 Å². The Bertz CT molecular complexity index is 1120. The molecule has 1 unspecified atom stereocenters. The molecule has 0 aromatic heterocycles. The van der Waals surface area contributed by atoms with Crippen LogP contribution in [0.25, 0.3) is 0 Å². The molecule has 3 aromatic carbocycles. The van der Waals surface area contributed by atoms with Crippen molar-refractivity contribution in [3.05, 3.63) is 93.5 Å². The second kappa shape index (κ2) is 8.33. The smallest absolute Gasteiger partial charge is 0.249 e. The lowest BCUT2D eigenvalue weighted by atomic mass is 9.96. The summed E-state index contributed by atoms with van der Waals surface area (Å²) < 4.78 is 5.29. The molecule has 152 valence electrons. The highest BCUT2D eigenvalue weighted by Gasteiger charge is 2.27. The number of aryl methyl sites for hydroxylation is 2. The van der Waals surface area contributed by atoms with Crippen molar-refractivity contribution in [2.45, 2.75) is 26.3 Å². The number of carbonyl (C=O) groups is 1. The number of hydrogen-bond donors (Lipinski definition) is 1. The summed E-state index contributed by atoms with van der Waals surface area (Å²) in [5, 5.41) is 3.64. The van der Waals surface area contributed by atoms with Gasteiger partial charge >= 0.3 is 0 Å². The van der Waals surface area contributed by atoms with E-state index in [0.29, 0.717) is 17.1 Å². The number of nitrogens with zero attached hydrogens (tertiary/aromatic N) is 1. The highest BCUT2D eigenvalue weighted by atomic mass is 35.5. The van der Waals surface area contributed by atoms with E-state index in [-0.39, 0.29) is 5.91 Å². The number of rotatable bonds is 4. The van der Waals surface area contributed by atoms with Gasteiger partial charge in [0.1, 0.15) is 11.8 Å². The molecule has 4 rings (SSSR count). The number of methoxy groups -OCH3 is 1. The van der Waals surface area contributed by atoms with Gasteiger partial charge in [-0.2, -0.15) is 0 Å². The van der Waals surface area contributed by atoms with Crippen molar-refractivity contribution >= 4 is 28.9 Å². The molecule has 30 heavy (non-hydrogen) atoms. The summed E-state index contributed by atoms with van der Waals surface area (Å²) in [5.74, 6) is 0.644. The fourth-order valence-corrected chi connectivity index (χ4v) is 3.98. The minimum Gasteiger partial charge on any atom is -0.497 e. The van der Waals surface area contributed by atoms with E-state index in [4.69, 9.17) is 21.3 Å². The fourth-order valence-electron chi connectivity index (χ4n) is 3.80. The molecule has 1 aliphatic heterocycles. The van der Waals surface area contributed by atoms with Gasteiger partial charge in [-0.3, -0.25) is 9.79 Å². The van der Waals surface area contributed by atoms with Gasteiger partial charge < -0.3 is 10.1 Å². The van der Waals surface area contributed by atoms with Gasteiger partial charge in [0.2, 0.25) is 5.91 Å². The standard InChI is InChI=1S/C25H23ClN2O2/c1-15-5-4-6-16(2)20(15)14-23-25(29)28-22-12-9-18(26)13-21(22)24(27-23)17-7-10-19(30-3)11-8-17/h4-13,23H,14H2,1-3H3,(H,28,29). The van der Waals surface area contributed by atoms with E-state index in [1.807, 2.05) is 42.5 Å². The Morgan fingerprint density at radius 3 is 2.40 bits per heavy atom. The molecule has 4 nitrogen and oxygen atoms in total. The van der Waals surface area contributed by atoms with Crippen LogP contribution in [0.1, 0.15) is 27.8 Å². The van der Waals surface area contributed by atoms with Crippen LogP contribution in [-0.2, 0) is 11.2 Å². The highest BCUT2D eigenvalue weighted by Crippen LogP contribution is 2.29. The summed E-state index contributed by atoms with van der Waals surface area (Å²) in [6, 6.07) is 18.8. The molecule has 0 saturated carbocycles. The van der Waals surface area contributed by atoms with E-state index in [0.717, 1.165) is 39.3 Å².